The molecule has 1 amide bonds. The van der Waals surface area contributed by atoms with Crippen molar-refractivity contribution in [2.45, 2.75) is 13.0 Å². The van der Waals surface area contributed by atoms with Crippen LogP contribution in [0, 0.1) is 0 Å². The lowest BCUT2D eigenvalue weighted by atomic mass is 10.1. The summed E-state index contributed by atoms with van der Waals surface area (Å²) in [6, 6.07) is 14.3. The number of hydrogen-bond donors (Lipinski definition) is 3. The Labute approximate surface area is 118 Å². The van der Waals surface area contributed by atoms with Crippen LogP contribution in [0.25, 0.3) is 0 Å². The van der Waals surface area contributed by atoms with Gasteiger partial charge in [0.05, 0.1) is 5.56 Å². The predicted molar refractivity (Wildman–Crippen MR) is 80.0 cm³/mol. The first-order chi connectivity index (χ1) is 9.61. The third kappa shape index (κ3) is 3.16. The van der Waals surface area contributed by atoms with Crippen molar-refractivity contribution in [1.82, 2.24) is 5.32 Å². The van der Waals surface area contributed by atoms with Crippen LogP contribution in [0.3, 0.4) is 0 Å². The van der Waals surface area contributed by atoms with Gasteiger partial charge in [-0.2, -0.15) is 0 Å². The topological polar surface area (TPSA) is 61.4 Å². The number of rotatable bonds is 4. The Morgan fingerprint density at radius 2 is 1.90 bits per heavy atom. The van der Waals surface area contributed by atoms with Crippen LogP contribution in [-0.4, -0.2) is 18.1 Å². The summed E-state index contributed by atoms with van der Waals surface area (Å²) in [5.74, 6) is -0.345. The summed E-state index contributed by atoms with van der Waals surface area (Å²) in [6.07, 6.45) is 0. The van der Waals surface area contributed by atoms with Gasteiger partial charge in [-0.1, -0.05) is 24.3 Å². The minimum absolute atomic E-state index is 0.0234. The lowest BCUT2D eigenvalue weighted by Gasteiger charge is -2.13. The maximum Gasteiger partial charge on any atom is 0.259 e. The zero-order valence-corrected chi connectivity index (χ0v) is 11.6. The molecule has 0 heterocycles. The number of aromatic hydroxyl groups is 1. The molecule has 0 aliphatic carbocycles. The molecule has 4 nitrogen and oxygen atoms in total. The SMILES string of the molecule is CNC(C)c1cccc(NC(=O)c2ccccc2O)c1. The molecule has 0 spiro atoms. The molecule has 0 aromatic heterocycles. The number of amides is 1. The first kappa shape index (κ1) is 14.1. The second-order valence-corrected chi connectivity index (χ2v) is 4.61. The fourth-order valence-corrected chi connectivity index (χ4v) is 1.92. The van der Waals surface area contributed by atoms with Crippen LogP contribution in [0.2, 0.25) is 0 Å². The average molecular weight is 270 g/mol. The molecule has 3 N–H and O–H groups in total. The average Bonchev–Trinajstić information content (AvgIpc) is 2.47. The number of phenols is 1. The van der Waals surface area contributed by atoms with Gasteiger partial charge in [0.1, 0.15) is 5.75 Å². The summed E-state index contributed by atoms with van der Waals surface area (Å²) < 4.78 is 0. The van der Waals surface area contributed by atoms with E-state index >= 15 is 0 Å². The van der Waals surface area contributed by atoms with Crippen molar-refractivity contribution in [3.05, 3.63) is 59.7 Å². The van der Waals surface area contributed by atoms with E-state index in [-0.39, 0.29) is 23.3 Å². The Morgan fingerprint density at radius 1 is 1.15 bits per heavy atom. The number of hydrogen-bond acceptors (Lipinski definition) is 3. The Balaban J connectivity index is 2.18. The Morgan fingerprint density at radius 3 is 2.60 bits per heavy atom. The van der Waals surface area contributed by atoms with Crippen LogP contribution in [0.15, 0.2) is 48.5 Å². The van der Waals surface area contributed by atoms with E-state index in [0.717, 1.165) is 5.56 Å². The first-order valence-electron chi connectivity index (χ1n) is 6.48. The molecule has 0 bridgehead atoms. The second kappa shape index (κ2) is 6.21. The molecular weight excluding hydrogens is 252 g/mol. The van der Waals surface area contributed by atoms with Crippen LogP contribution < -0.4 is 10.6 Å². The molecule has 0 aliphatic rings. The van der Waals surface area contributed by atoms with Crippen molar-refractivity contribution in [2.75, 3.05) is 12.4 Å². The van der Waals surface area contributed by atoms with Crippen LogP contribution in [0.4, 0.5) is 5.69 Å². The molecule has 4 heteroatoms. The van der Waals surface area contributed by atoms with E-state index in [4.69, 9.17) is 0 Å². The van der Waals surface area contributed by atoms with Crippen molar-refractivity contribution in [3.63, 3.8) is 0 Å². The summed E-state index contributed by atoms with van der Waals surface area (Å²) in [4.78, 5) is 12.1. The van der Waals surface area contributed by atoms with Crippen molar-refractivity contribution in [1.29, 1.82) is 0 Å². The highest BCUT2D eigenvalue weighted by Crippen LogP contribution is 2.20. The summed E-state index contributed by atoms with van der Waals surface area (Å²) in [6.45, 7) is 2.05. The fraction of sp³-hybridized carbons (Fsp3) is 0.188. The largest absolute Gasteiger partial charge is 0.507 e. The third-order valence-corrected chi connectivity index (χ3v) is 3.23. The van der Waals surface area contributed by atoms with Crippen molar-refractivity contribution in [2.24, 2.45) is 0 Å². The van der Waals surface area contributed by atoms with Crippen LogP contribution in [0.5, 0.6) is 5.75 Å². The van der Waals surface area contributed by atoms with Gasteiger partial charge in [0.15, 0.2) is 0 Å². The molecule has 20 heavy (non-hydrogen) atoms. The summed E-state index contributed by atoms with van der Waals surface area (Å²) in [5, 5.41) is 15.6. The van der Waals surface area contributed by atoms with E-state index in [0.29, 0.717) is 5.69 Å². The van der Waals surface area contributed by atoms with Crippen molar-refractivity contribution in [3.8, 4) is 5.75 Å². The van der Waals surface area contributed by atoms with Gasteiger partial charge >= 0.3 is 0 Å². The van der Waals surface area contributed by atoms with Crippen LogP contribution in [0.1, 0.15) is 28.9 Å². The third-order valence-electron chi connectivity index (χ3n) is 3.23. The van der Waals surface area contributed by atoms with E-state index in [1.54, 1.807) is 18.2 Å². The van der Waals surface area contributed by atoms with E-state index in [9.17, 15) is 9.90 Å². The van der Waals surface area contributed by atoms with Gasteiger partial charge in [-0.25, -0.2) is 0 Å². The number of para-hydroxylation sites is 1. The molecule has 2 aromatic rings. The van der Waals surface area contributed by atoms with Gasteiger partial charge in [-0.15, -0.1) is 0 Å². The Kier molecular flexibility index (Phi) is 4.38. The van der Waals surface area contributed by atoms with Gasteiger partial charge < -0.3 is 15.7 Å². The number of carbonyl (C=O) groups excluding carboxylic acids is 1. The number of nitrogens with one attached hydrogen (secondary N) is 2. The summed E-state index contributed by atoms with van der Waals surface area (Å²) in [7, 11) is 1.89. The summed E-state index contributed by atoms with van der Waals surface area (Å²) in [5.41, 5.74) is 2.06. The predicted octanol–water partition coefficient (Wildman–Crippen LogP) is 2.92. The molecule has 0 saturated carbocycles. The van der Waals surface area contributed by atoms with E-state index < -0.39 is 0 Å². The van der Waals surface area contributed by atoms with Gasteiger partial charge in [0, 0.05) is 11.7 Å². The van der Waals surface area contributed by atoms with Gasteiger partial charge in [0.25, 0.3) is 5.91 Å². The molecule has 0 aliphatic heterocycles. The van der Waals surface area contributed by atoms with E-state index in [2.05, 4.69) is 10.6 Å². The molecule has 0 fully saturated rings. The zero-order chi connectivity index (χ0) is 14.5. The Bertz CT molecular complexity index is 611. The molecule has 1 unspecified atom stereocenters. The normalized spacial score (nSPS) is 11.9. The molecule has 0 radical (unpaired) electrons. The van der Waals surface area contributed by atoms with Gasteiger partial charge in [0.2, 0.25) is 0 Å². The molecule has 1 atom stereocenters. The first-order valence-corrected chi connectivity index (χ1v) is 6.48. The lowest BCUT2D eigenvalue weighted by Crippen LogP contribution is -2.14. The monoisotopic (exact) mass is 270 g/mol. The highest BCUT2D eigenvalue weighted by atomic mass is 16.3. The standard InChI is InChI=1S/C16H18N2O2/c1-11(17-2)12-6-5-7-13(10-12)18-16(20)14-8-3-4-9-15(14)19/h3-11,17,19H,1-2H3,(H,18,20). The highest BCUT2D eigenvalue weighted by Gasteiger charge is 2.11. The number of anilines is 1. The van der Waals surface area contributed by atoms with Crippen LogP contribution in [-0.2, 0) is 0 Å². The zero-order valence-electron chi connectivity index (χ0n) is 11.6. The molecule has 104 valence electrons. The maximum atomic E-state index is 12.1. The molecular formula is C16H18N2O2. The number of benzene rings is 2. The summed E-state index contributed by atoms with van der Waals surface area (Å²) >= 11 is 0. The second-order valence-electron chi connectivity index (χ2n) is 4.61. The number of phenolic OH excluding ortho intramolecular Hbond substituents is 1. The fourth-order valence-electron chi connectivity index (χ4n) is 1.92. The quantitative estimate of drug-likeness (QED) is 0.800. The van der Waals surface area contributed by atoms with E-state index in [1.165, 1.54) is 6.07 Å². The Hall–Kier alpha value is -2.33. The van der Waals surface area contributed by atoms with Gasteiger partial charge in [-0.05, 0) is 43.8 Å². The molecule has 2 aromatic carbocycles. The van der Waals surface area contributed by atoms with E-state index in [1.807, 2.05) is 38.2 Å². The lowest BCUT2D eigenvalue weighted by molar-refractivity contribution is 0.102. The van der Waals surface area contributed by atoms with Gasteiger partial charge in [-0.3, -0.25) is 4.79 Å². The van der Waals surface area contributed by atoms with Crippen molar-refractivity contribution >= 4 is 11.6 Å². The smallest absolute Gasteiger partial charge is 0.259 e. The highest BCUT2D eigenvalue weighted by molar-refractivity contribution is 6.06. The number of carbonyl (C=O) groups is 1. The molecule has 0 saturated heterocycles. The molecule has 2 rings (SSSR count). The van der Waals surface area contributed by atoms with Crippen molar-refractivity contribution < 1.29 is 9.90 Å². The van der Waals surface area contributed by atoms with Crippen LogP contribution >= 0.6 is 0 Å². The maximum absolute atomic E-state index is 12.1. The minimum Gasteiger partial charge on any atom is -0.507 e. The minimum atomic E-state index is -0.322.